The molecule has 2 nitrogen and oxygen atoms in total. The van der Waals surface area contributed by atoms with Gasteiger partial charge in [-0.2, -0.15) is 0 Å². The van der Waals surface area contributed by atoms with Gasteiger partial charge in [-0.15, -0.1) is 0 Å². The highest BCUT2D eigenvalue weighted by Crippen LogP contribution is 2.37. The standard InChI is InChI=1S/C29H25O2/c1-2-10-22-18-27(26-13-7-11-20-8-3-4-12-25(20)26)23(16-21(22)9-1)17-24-19-30-28-14-5-6-15-29(28)31-24/h1-2,5-7,9-11,13-16,24H,3-4,8,12,17,19H2. The van der Waals surface area contributed by atoms with Crippen LogP contribution in [0.25, 0.3) is 21.9 Å². The Bertz CT molecular complexity index is 1260. The highest BCUT2D eigenvalue weighted by atomic mass is 16.6. The van der Waals surface area contributed by atoms with E-state index in [1.54, 1.807) is 0 Å². The Kier molecular flexibility index (Phi) is 4.64. The summed E-state index contributed by atoms with van der Waals surface area (Å²) in [4.78, 5) is 0. The molecule has 6 rings (SSSR count). The minimum Gasteiger partial charge on any atom is -0.486 e. The lowest BCUT2D eigenvalue weighted by atomic mass is 9.83. The molecule has 1 aliphatic heterocycles. The first-order valence-corrected chi connectivity index (χ1v) is 11.3. The third kappa shape index (κ3) is 3.46. The van der Waals surface area contributed by atoms with Crippen LogP contribution in [-0.2, 0) is 19.3 Å². The van der Waals surface area contributed by atoms with Crippen LogP contribution < -0.4 is 9.47 Å². The van der Waals surface area contributed by atoms with E-state index in [0.29, 0.717) is 6.61 Å². The van der Waals surface area contributed by atoms with Crippen LogP contribution in [0.5, 0.6) is 11.5 Å². The zero-order chi connectivity index (χ0) is 20.6. The van der Waals surface area contributed by atoms with E-state index < -0.39 is 0 Å². The van der Waals surface area contributed by atoms with Gasteiger partial charge in [0.25, 0.3) is 0 Å². The van der Waals surface area contributed by atoms with Crippen molar-refractivity contribution in [3.05, 3.63) is 95.6 Å². The first-order valence-electron chi connectivity index (χ1n) is 11.3. The lowest BCUT2D eigenvalue weighted by Crippen LogP contribution is -2.31. The first-order chi connectivity index (χ1) is 15.3. The molecule has 1 radical (unpaired) electrons. The fourth-order valence-electron chi connectivity index (χ4n) is 5.04. The van der Waals surface area contributed by atoms with Gasteiger partial charge in [0.05, 0.1) is 0 Å². The van der Waals surface area contributed by atoms with E-state index in [1.807, 2.05) is 24.3 Å². The highest BCUT2D eigenvalue weighted by molar-refractivity contribution is 5.89. The van der Waals surface area contributed by atoms with Crippen LogP contribution in [0.3, 0.4) is 0 Å². The second-order valence-electron chi connectivity index (χ2n) is 8.61. The third-order valence-corrected chi connectivity index (χ3v) is 6.55. The van der Waals surface area contributed by atoms with E-state index in [4.69, 9.17) is 9.47 Å². The number of hydrogen-bond donors (Lipinski definition) is 0. The Hall–Kier alpha value is -3.26. The van der Waals surface area contributed by atoms with Crippen molar-refractivity contribution in [3.63, 3.8) is 0 Å². The fourth-order valence-corrected chi connectivity index (χ4v) is 5.04. The van der Waals surface area contributed by atoms with Crippen LogP contribution in [0.1, 0.15) is 29.5 Å². The average molecular weight is 406 g/mol. The van der Waals surface area contributed by atoms with Crippen molar-refractivity contribution in [2.24, 2.45) is 0 Å². The Labute approximate surface area is 183 Å². The molecule has 0 N–H and O–H groups in total. The molecule has 0 fully saturated rings. The number of fused-ring (bicyclic) bond motifs is 3. The number of benzene rings is 4. The number of rotatable bonds is 3. The van der Waals surface area contributed by atoms with E-state index in [9.17, 15) is 0 Å². The Balaban J connectivity index is 1.44. The van der Waals surface area contributed by atoms with Crippen molar-refractivity contribution in [2.75, 3.05) is 6.61 Å². The topological polar surface area (TPSA) is 18.5 Å². The monoisotopic (exact) mass is 405 g/mol. The van der Waals surface area contributed by atoms with Gasteiger partial charge in [-0.1, -0.05) is 60.7 Å². The van der Waals surface area contributed by atoms with Gasteiger partial charge in [0.2, 0.25) is 0 Å². The van der Waals surface area contributed by atoms with Gasteiger partial charge in [-0.3, -0.25) is 0 Å². The number of para-hydroxylation sites is 2. The Morgan fingerprint density at radius 3 is 2.65 bits per heavy atom. The van der Waals surface area contributed by atoms with E-state index in [-0.39, 0.29) is 6.10 Å². The van der Waals surface area contributed by atoms with Gasteiger partial charge in [-0.05, 0) is 82.5 Å². The number of ether oxygens (including phenoxy) is 2. The van der Waals surface area contributed by atoms with Crippen LogP contribution >= 0.6 is 0 Å². The van der Waals surface area contributed by atoms with Gasteiger partial charge in [-0.25, -0.2) is 0 Å². The molecule has 0 aromatic heterocycles. The molecule has 0 saturated carbocycles. The van der Waals surface area contributed by atoms with Crippen LogP contribution in [0.4, 0.5) is 0 Å². The molecule has 0 spiro atoms. The van der Waals surface area contributed by atoms with Crippen LogP contribution in [0.15, 0.2) is 72.8 Å². The van der Waals surface area contributed by atoms with E-state index in [2.05, 4.69) is 54.6 Å². The van der Waals surface area contributed by atoms with E-state index >= 15 is 0 Å². The third-order valence-electron chi connectivity index (χ3n) is 6.55. The molecule has 153 valence electrons. The minimum atomic E-state index is -0.0113. The van der Waals surface area contributed by atoms with Crippen LogP contribution in [-0.4, -0.2) is 12.7 Å². The van der Waals surface area contributed by atoms with Crippen molar-refractivity contribution in [2.45, 2.75) is 38.2 Å². The van der Waals surface area contributed by atoms with Crippen molar-refractivity contribution < 1.29 is 9.47 Å². The molecule has 31 heavy (non-hydrogen) atoms. The molecule has 1 aliphatic carbocycles. The maximum absolute atomic E-state index is 6.31. The average Bonchev–Trinajstić information content (AvgIpc) is 2.83. The molecule has 1 heterocycles. The van der Waals surface area contributed by atoms with Crippen molar-refractivity contribution in [3.8, 4) is 22.6 Å². The molecule has 4 aromatic rings. The number of aryl methyl sites for hydroxylation is 1. The first kappa shape index (κ1) is 18.5. The quantitative estimate of drug-likeness (QED) is 0.384. The molecule has 4 aromatic carbocycles. The van der Waals surface area contributed by atoms with Crippen LogP contribution in [0.2, 0.25) is 0 Å². The summed E-state index contributed by atoms with van der Waals surface area (Å²) in [5.41, 5.74) is 6.86. The normalized spacial score (nSPS) is 17.4. The Morgan fingerprint density at radius 2 is 1.68 bits per heavy atom. The van der Waals surface area contributed by atoms with E-state index in [0.717, 1.165) is 24.3 Å². The summed E-state index contributed by atoms with van der Waals surface area (Å²) in [6.45, 7) is 0.566. The summed E-state index contributed by atoms with van der Waals surface area (Å²) in [7, 11) is 0. The minimum absolute atomic E-state index is 0.0113. The summed E-state index contributed by atoms with van der Waals surface area (Å²) < 4.78 is 12.3. The fraction of sp³-hybridized carbons (Fsp3) is 0.241. The zero-order valence-electron chi connectivity index (χ0n) is 17.6. The van der Waals surface area contributed by atoms with Crippen LogP contribution in [0, 0.1) is 6.07 Å². The SMILES string of the molecule is [c]1c(-c2cccc3c2CCCC3)c(CC2COc3ccccc3O2)cc2ccccc12. The Morgan fingerprint density at radius 1 is 0.839 bits per heavy atom. The zero-order valence-corrected chi connectivity index (χ0v) is 17.6. The summed E-state index contributed by atoms with van der Waals surface area (Å²) in [5.74, 6) is 1.67. The smallest absolute Gasteiger partial charge is 0.161 e. The predicted octanol–water partition coefficient (Wildman–Crippen LogP) is 6.57. The molecule has 1 atom stereocenters. The molecule has 2 aliphatic rings. The van der Waals surface area contributed by atoms with Gasteiger partial charge in [0.1, 0.15) is 12.7 Å². The predicted molar refractivity (Wildman–Crippen MR) is 125 cm³/mol. The second-order valence-corrected chi connectivity index (χ2v) is 8.61. The maximum atomic E-state index is 6.31. The van der Waals surface area contributed by atoms with Crippen molar-refractivity contribution in [1.29, 1.82) is 0 Å². The molecular formula is C29H25O2. The molecule has 0 amide bonds. The summed E-state index contributed by atoms with van der Waals surface area (Å²) in [6.07, 6.45) is 5.68. The van der Waals surface area contributed by atoms with Crippen molar-refractivity contribution in [1.82, 2.24) is 0 Å². The molecule has 2 heteroatoms. The highest BCUT2D eigenvalue weighted by Gasteiger charge is 2.24. The largest absolute Gasteiger partial charge is 0.486 e. The lowest BCUT2D eigenvalue weighted by molar-refractivity contribution is 0.0914. The molecule has 0 saturated heterocycles. The van der Waals surface area contributed by atoms with Gasteiger partial charge in [0.15, 0.2) is 11.5 Å². The second kappa shape index (κ2) is 7.77. The summed E-state index contributed by atoms with van der Waals surface area (Å²) in [6, 6.07) is 29.4. The molecule has 0 bridgehead atoms. The maximum Gasteiger partial charge on any atom is 0.161 e. The van der Waals surface area contributed by atoms with Gasteiger partial charge in [0, 0.05) is 6.42 Å². The van der Waals surface area contributed by atoms with Gasteiger partial charge >= 0.3 is 0 Å². The number of hydrogen-bond acceptors (Lipinski definition) is 2. The lowest BCUT2D eigenvalue weighted by Gasteiger charge is -2.28. The van der Waals surface area contributed by atoms with Crippen molar-refractivity contribution >= 4 is 10.8 Å². The summed E-state index contributed by atoms with van der Waals surface area (Å²) >= 11 is 0. The molecular weight excluding hydrogens is 380 g/mol. The van der Waals surface area contributed by atoms with Gasteiger partial charge < -0.3 is 9.47 Å². The van der Waals surface area contributed by atoms with E-state index in [1.165, 1.54) is 57.9 Å². The molecule has 1 unspecified atom stereocenters. The summed E-state index contributed by atoms with van der Waals surface area (Å²) in [5, 5.41) is 2.39.